The molecule has 0 radical (unpaired) electrons. The van der Waals surface area contributed by atoms with Gasteiger partial charge in [0.1, 0.15) is 22.5 Å². The molecule has 5 nitrogen and oxygen atoms in total. The molecule has 0 aliphatic rings. The predicted octanol–water partition coefficient (Wildman–Crippen LogP) is 0.905. The summed E-state index contributed by atoms with van der Waals surface area (Å²) < 4.78 is 1.48. The standard InChI is InChI=1S/C8H7N5S/c1-14-7-2-6-11-4-5(3-9)8(10)13(6)12-7/h2,4H,10H2,1H3. The zero-order valence-electron chi connectivity index (χ0n) is 7.43. The van der Waals surface area contributed by atoms with E-state index in [1.54, 1.807) is 0 Å². The lowest BCUT2D eigenvalue weighted by molar-refractivity contribution is 0.897. The summed E-state index contributed by atoms with van der Waals surface area (Å²) in [6.45, 7) is 0. The van der Waals surface area contributed by atoms with Gasteiger partial charge in [-0.05, 0) is 6.26 Å². The second kappa shape index (κ2) is 3.20. The first-order valence-electron chi connectivity index (χ1n) is 3.84. The Kier molecular flexibility index (Phi) is 2.02. The van der Waals surface area contributed by atoms with Gasteiger partial charge in [0.25, 0.3) is 0 Å². The Labute approximate surface area is 84.5 Å². The van der Waals surface area contributed by atoms with E-state index in [2.05, 4.69) is 10.1 Å². The predicted molar refractivity (Wildman–Crippen MR) is 53.9 cm³/mol. The maximum Gasteiger partial charge on any atom is 0.158 e. The molecule has 70 valence electrons. The van der Waals surface area contributed by atoms with Crippen molar-refractivity contribution in [3.63, 3.8) is 0 Å². The van der Waals surface area contributed by atoms with Gasteiger partial charge in [-0.2, -0.15) is 14.9 Å². The molecule has 0 atom stereocenters. The van der Waals surface area contributed by atoms with E-state index in [9.17, 15) is 0 Å². The molecule has 2 aromatic rings. The summed E-state index contributed by atoms with van der Waals surface area (Å²) >= 11 is 1.51. The molecule has 2 aromatic heterocycles. The lowest BCUT2D eigenvalue weighted by Gasteiger charge is -1.98. The van der Waals surface area contributed by atoms with E-state index < -0.39 is 0 Å². The number of nitriles is 1. The van der Waals surface area contributed by atoms with Crippen molar-refractivity contribution in [1.82, 2.24) is 14.6 Å². The Hall–Kier alpha value is -1.74. The van der Waals surface area contributed by atoms with Crippen molar-refractivity contribution in [2.45, 2.75) is 5.03 Å². The summed E-state index contributed by atoms with van der Waals surface area (Å²) in [5.74, 6) is 0.331. The fraction of sp³-hybridized carbons (Fsp3) is 0.125. The molecule has 2 heterocycles. The molecular weight excluding hydrogens is 198 g/mol. The molecule has 6 heteroatoms. The maximum atomic E-state index is 8.73. The highest BCUT2D eigenvalue weighted by molar-refractivity contribution is 7.98. The molecule has 0 unspecified atom stereocenters. The number of nitrogen functional groups attached to an aromatic ring is 1. The number of rotatable bonds is 1. The van der Waals surface area contributed by atoms with Gasteiger partial charge in [0.05, 0.1) is 6.20 Å². The van der Waals surface area contributed by atoms with Crippen LogP contribution in [0.3, 0.4) is 0 Å². The summed E-state index contributed by atoms with van der Waals surface area (Å²) in [7, 11) is 0. The second-order valence-corrected chi connectivity index (χ2v) is 3.45. The molecule has 0 aliphatic heterocycles. The number of hydrogen-bond acceptors (Lipinski definition) is 5. The third-order valence-electron chi connectivity index (χ3n) is 1.83. The van der Waals surface area contributed by atoms with Crippen molar-refractivity contribution in [1.29, 1.82) is 5.26 Å². The molecule has 0 aliphatic carbocycles. The molecule has 14 heavy (non-hydrogen) atoms. The number of nitrogens with two attached hydrogens (primary N) is 1. The fourth-order valence-corrected chi connectivity index (χ4v) is 1.50. The van der Waals surface area contributed by atoms with E-state index >= 15 is 0 Å². The zero-order chi connectivity index (χ0) is 10.1. The Morgan fingerprint density at radius 1 is 1.64 bits per heavy atom. The number of thioether (sulfide) groups is 1. The fourth-order valence-electron chi connectivity index (χ4n) is 1.12. The Morgan fingerprint density at radius 3 is 3.07 bits per heavy atom. The van der Waals surface area contributed by atoms with E-state index in [0.717, 1.165) is 5.03 Å². The Bertz CT molecular complexity index is 524. The number of nitrogens with zero attached hydrogens (tertiary/aromatic N) is 4. The van der Waals surface area contributed by atoms with Crippen LogP contribution >= 0.6 is 11.8 Å². The highest BCUT2D eigenvalue weighted by Gasteiger charge is 2.07. The molecule has 0 bridgehead atoms. The van der Waals surface area contributed by atoms with Crippen LogP contribution in [0.4, 0.5) is 5.82 Å². The van der Waals surface area contributed by atoms with E-state index in [1.165, 1.54) is 22.5 Å². The largest absolute Gasteiger partial charge is 0.382 e. The molecule has 0 saturated carbocycles. The molecule has 2 rings (SSSR count). The third-order valence-corrected chi connectivity index (χ3v) is 2.45. The molecule has 0 aromatic carbocycles. The Morgan fingerprint density at radius 2 is 2.43 bits per heavy atom. The molecule has 0 spiro atoms. The van der Waals surface area contributed by atoms with Gasteiger partial charge in [-0.15, -0.1) is 11.8 Å². The highest BCUT2D eigenvalue weighted by atomic mass is 32.2. The first kappa shape index (κ1) is 8.84. The van der Waals surface area contributed by atoms with Crippen LogP contribution in [0.1, 0.15) is 5.56 Å². The maximum absolute atomic E-state index is 8.73. The van der Waals surface area contributed by atoms with Crippen molar-refractivity contribution >= 4 is 23.2 Å². The molecule has 0 fully saturated rings. The van der Waals surface area contributed by atoms with Crippen LogP contribution < -0.4 is 5.73 Å². The minimum atomic E-state index is 0.331. The minimum absolute atomic E-state index is 0.331. The number of anilines is 1. The van der Waals surface area contributed by atoms with Crippen LogP contribution in [0.5, 0.6) is 0 Å². The van der Waals surface area contributed by atoms with Crippen LogP contribution in [0.15, 0.2) is 17.3 Å². The van der Waals surface area contributed by atoms with E-state index in [0.29, 0.717) is 17.0 Å². The quantitative estimate of drug-likeness (QED) is 0.700. The average Bonchev–Trinajstić information content (AvgIpc) is 2.62. The third kappa shape index (κ3) is 1.18. The normalized spacial score (nSPS) is 10.3. The van der Waals surface area contributed by atoms with E-state index in [1.807, 2.05) is 18.4 Å². The topological polar surface area (TPSA) is 80.0 Å². The van der Waals surface area contributed by atoms with Crippen molar-refractivity contribution in [2.24, 2.45) is 0 Å². The lowest BCUT2D eigenvalue weighted by atomic mass is 10.3. The smallest absolute Gasteiger partial charge is 0.158 e. The van der Waals surface area contributed by atoms with Gasteiger partial charge in [0, 0.05) is 6.07 Å². The van der Waals surface area contributed by atoms with Gasteiger partial charge in [-0.1, -0.05) is 0 Å². The number of fused-ring (bicyclic) bond motifs is 1. The zero-order valence-corrected chi connectivity index (χ0v) is 8.25. The first-order chi connectivity index (χ1) is 6.76. The van der Waals surface area contributed by atoms with Crippen molar-refractivity contribution in [3.8, 4) is 6.07 Å². The van der Waals surface area contributed by atoms with Gasteiger partial charge >= 0.3 is 0 Å². The van der Waals surface area contributed by atoms with Crippen LogP contribution in [0, 0.1) is 11.3 Å². The molecule has 0 amide bonds. The summed E-state index contributed by atoms with van der Waals surface area (Å²) in [6, 6.07) is 3.78. The van der Waals surface area contributed by atoms with Crippen molar-refractivity contribution < 1.29 is 0 Å². The van der Waals surface area contributed by atoms with Gasteiger partial charge < -0.3 is 5.73 Å². The summed E-state index contributed by atoms with van der Waals surface area (Å²) in [5, 5.41) is 13.7. The lowest BCUT2D eigenvalue weighted by Crippen LogP contribution is -2.02. The van der Waals surface area contributed by atoms with E-state index in [4.69, 9.17) is 11.0 Å². The van der Waals surface area contributed by atoms with Crippen molar-refractivity contribution in [3.05, 3.63) is 17.8 Å². The van der Waals surface area contributed by atoms with Crippen LogP contribution in [0.25, 0.3) is 5.65 Å². The summed E-state index contributed by atoms with van der Waals surface area (Å²) in [5.41, 5.74) is 6.73. The Balaban J connectivity index is 2.76. The summed E-state index contributed by atoms with van der Waals surface area (Å²) in [6.07, 6.45) is 3.37. The van der Waals surface area contributed by atoms with Crippen LogP contribution in [-0.2, 0) is 0 Å². The molecule has 2 N–H and O–H groups in total. The number of hydrogen-bond donors (Lipinski definition) is 1. The van der Waals surface area contributed by atoms with E-state index in [-0.39, 0.29) is 0 Å². The SMILES string of the molecule is CSc1cc2ncc(C#N)c(N)n2n1. The minimum Gasteiger partial charge on any atom is -0.382 e. The number of aromatic nitrogens is 3. The monoisotopic (exact) mass is 205 g/mol. The van der Waals surface area contributed by atoms with Crippen LogP contribution in [0.2, 0.25) is 0 Å². The molecule has 0 saturated heterocycles. The van der Waals surface area contributed by atoms with Gasteiger partial charge in [-0.25, -0.2) is 4.98 Å². The van der Waals surface area contributed by atoms with Crippen molar-refractivity contribution in [2.75, 3.05) is 12.0 Å². The molecular formula is C8H7N5S. The second-order valence-electron chi connectivity index (χ2n) is 2.63. The highest BCUT2D eigenvalue weighted by Crippen LogP contribution is 2.17. The first-order valence-corrected chi connectivity index (χ1v) is 5.07. The average molecular weight is 205 g/mol. The van der Waals surface area contributed by atoms with Gasteiger partial charge in [-0.3, -0.25) is 0 Å². The van der Waals surface area contributed by atoms with Gasteiger partial charge in [0.15, 0.2) is 5.65 Å². The van der Waals surface area contributed by atoms with Gasteiger partial charge in [0.2, 0.25) is 0 Å². The summed E-state index contributed by atoms with van der Waals surface area (Å²) in [4.78, 5) is 4.07. The van der Waals surface area contributed by atoms with Crippen LogP contribution in [-0.4, -0.2) is 20.9 Å².